The first-order chi connectivity index (χ1) is 15.4. The number of rotatable bonds is 4. The van der Waals surface area contributed by atoms with E-state index in [-0.39, 0.29) is 11.5 Å². The van der Waals surface area contributed by atoms with Gasteiger partial charge in [-0.25, -0.2) is 0 Å². The molecule has 0 unspecified atom stereocenters. The molecule has 0 atom stereocenters. The van der Waals surface area contributed by atoms with Crippen LogP contribution in [0.1, 0.15) is 22.3 Å². The third-order valence-electron chi connectivity index (χ3n) is 5.80. The van der Waals surface area contributed by atoms with Crippen LogP contribution < -0.4 is 15.4 Å². The molecule has 0 spiro atoms. The minimum Gasteiger partial charge on any atom is -0.378 e. The van der Waals surface area contributed by atoms with E-state index in [2.05, 4.69) is 10.00 Å². The predicted molar refractivity (Wildman–Crippen MR) is 128 cm³/mol. The first-order valence-electron chi connectivity index (χ1n) is 10.9. The molecule has 0 bridgehead atoms. The summed E-state index contributed by atoms with van der Waals surface area (Å²) in [6.07, 6.45) is 0.840. The number of aromatic nitrogens is 2. The van der Waals surface area contributed by atoms with Crippen molar-refractivity contribution in [3.8, 4) is 5.69 Å². The Hall–Kier alpha value is -3.61. The highest BCUT2D eigenvalue weighted by Gasteiger charge is 2.21. The van der Waals surface area contributed by atoms with Crippen molar-refractivity contribution in [1.82, 2.24) is 14.7 Å². The molecule has 2 aromatic carbocycles. The van der Waals surface area contributed by atoms with E-state index in [1.54, 1.807) is 12.1 Å². The molecule has 166 valence electrons. The van der Waals surface area contributed by atoms with Crippen molar-refractivity contribution in [2.24, 2.45) is 0 Å². The van der Waals surface area contributed by atoms with E-state index in [1.165, 1.54) is 4.68 Å². The van der Waals surface area contributed by atoms with Crippen molar-refractivity contribution in [3.05, 3.63) is 82.1 Å². The zero-order valence-corrected chi connectivity index (χ0v) is 18.9. The van der Waals surface area contributed by atoms with E-state index in [4.69, 9.17) is 0 Å². The van der Waals surface area contributed by atoms with Crippen LogP contribution in [0.3, 0.4) is 0 Å². The molecule has 3 aromatic rings. The molecule has 0 saturated carbocycles. The molecule has 2 heterocycles. The Morgan fingerprint density at radius 1 is 0.875 bits per heavy atom. The Morgan fingerprint density at radius 3 is 2.28 bits per heavy atom. The fraction of sp³-hybridized carbons (Fsp3) is 0.320. The molecule has 1 saturated heterocycles. The van der Waals surface area contributed by atoms with Gasteiger partial charge in [-0.3, -0.25) is 9.59 Å². The number of carbonyl (C=O) groups is 1. The summed E-state index contributed by atoms with van der Waals surface area (Å²) in [6.45, 7) is 4.77. The summed E-state index contributed by atoms with van der Waals surface area (Å²) >= 11 is 0. The lowest BCUT2D eigenvalue weighted by Gasteiger charge is -2.23. The zero-order chi connectivity index (χ0) is 22.7. The first kappa shape index (κ1) is 21.6. The largest absolute Gasteiger partial charge is 0.378 e. The lowest BCUT2D eigenvalue weighted by atomic mass is 10.1. The van der Waals surface area contributed by atoms with Gasteiger partial charge in [0, 0.05) is 57.6 Å². The van der Waals surface area contributed by atoms with Crippen LogP contribution >= 0.6 is 0 Å². The van der Waals surface area contributed by atoms with Gasteiger partial charge < -0.3 is 14.7 Å². The Bertz CT molecular complexity index is 1140. The van der Waals surface area contributed by atoms with Crippen LogP contribution in [0.15, 0.2) is 65.5 Å². The SMILES string of the molecule is Cc1ccc(-n2nc(N3CCCN(C(=O)c4ccc(N(C)C)cc4)CC3)ccc2=O)cc1. The quantitative estimate of drug-likeness (QED) is 0.636. The average molecular weight is 432 g/mol. The summed E-state index contributed by atoms with van der Waals surface area (Å²) < 4.78 is 1.44. The van der Waals surface area contributed by atoms with Gasteiger partial charge in [-0.2, -0.15) is 4.68 Å². The van der Waals surface area contributed by atoms with Gasteiger partial charge >= 0.3 is 0 Å². The number of hydrogen-bond acceptors (Lipinski definition) is 5. The normalized spacial score (nSPS) is 14.2. The monoisotopic (exact) mass is 431 g/mol. The van der Waals surface area contributed by atoms with Crippen LogP contribution in [0.4, 0.5) is 11.5 Å². The molecule has 0 N–H and O–H groups in total. The molecule has 7 nitrogen and oxygen atoms in total. The van der Waals surface area contributed by atoms with E-state index in [0.29, 0.717) is 25.2 Å². The molecule has 4 rings (SSSR count). The lowest BCUT2D eigenvalue weighted by Crippen LogP contribution is -2.36. The summed E-state index contributed by atoms with van der Waals surface area (Å²) in [4.78, 5) is 31.5. The Kier molecular flexibility index (Phi) is 6.25. The Labute approximate surface area is 188 Å². The number of benzene rings is 2. The minimum absolute atomic E-state index is 0.0507. The van der Waals surface area contributed by atoms with Gasteiger partial charge in [-0.15, -0.1) is 5.10 Å². The number of hydrogen-bond donors (Lipinski definition) is 0. The second kappa shape index (κ2) is 9.26. The summed E-state index contributed by atoms with van der Waals surface area (Å²) in [5, 5.41) is 4.61. The van der Waals surface area contributed by atoms with Gasteiger partial charge in [0.2, 0.25) is 0 Å². The molecule has 0 radical (unpaired) electrons. The van der Waals surface area contributed by atoms with Gasteiger partial charge in [0.25, 0.3) is 11.5 Å². The van der Waals surface area contributed by atoms with E-state index >= 15 is 0 Å². The van der Waals surface area contributed by atoms with Crippen LogP contribution in [0.2, 0.25) is 0 Å². The highest BCUT2D eigenvalue weighted by molar-refractivity contribution is 5.94. The summed E-state index contributed by atoms with van der Waals surface area (Å²) in [5.41, 5.74) is 3.49. The third kappa shape index (κ3) is 4.66. The smallest absolute Gasteiger partial charge is 0.271 e. The van der Waals surface area contributed by atoms with Gasteiger partial charge in [-0.1, -0.05) is 17.7 Å². The minimum atomic E-state index is -0.162. The molecule has 7 heteroatoms. The van der Waals surface area contributed by atoms with Crippen LogP contribution in [0, 0.1) is 6.92 Å². The summed E-state index contributed by atoms with van der Waals surface area (Å²) in [5.74, 6) is 0.796. The molecule has 1 aliphatic heterocycles. The first-order valence-corrected chi connectivity index (χ1v) is 10.9. The van der Waals surface area contributed by atoms with Gasteiger partial charge in [0.1, 0.15) is 5.82 Å². The summed E-state index contributed by atoms with van der Waals surface area (Å²) in [6, 6.07) is 18.8. The second-order valence-corrected chi connectivity index (χ2v) is 8.35. The number of amides is 1. The van der Waals surface area contributed by atoms with Gasteiger partial charge in [-0.05, 0) is 55.8 Å². The lowest BCUT2D eigenvalue weighted by molar-refractivity contribution is 0.0767. The molecular formula is C25H29N5O2. The number of aryl methyl sites for hydroxylation is 1. The zero-order valence-electron chi connectivity index (χ0n) is 18.9. The van der Waals surface area contributed by atoms with Crippen LogP contribution in [-0.2, 0) is 0 Å². The molecular weight excluding hydrogens is 402 g/mol. The predicted octanol–water partition coefficient (Wildman–Crippen LogP) is 2.96. The molecule has 1 aromatic heterocycles. The number of carbonyl (C=O) groups excluding carboxylic acids is 1. The van der Waals surface area contributed by atoms with Crippen molar-refractivity contribution in [3.63, 3.8) is 0 Å². The molecule has 0 aliphatic carbocycles. The van der Waals surface area contributed by atoms with E-state index < -0.39 is 0 Å². The van der Waals surface area contributed by atoms with Crippen molar-refractivity contribution in [2.75, 3.05) is 50.1 Å². The second-order valence-electron chi connectivity index (χ2n) is 8.35. The topological polar surface area (TPSA) is 61.7 Å². The fourth-order valence-electron chi connectivity index (χ4n) is 3.88. The highest BCUT2D eigenvalue weighted by atomic mass is 16.2. The van der Waals surface area contributed by atoms with Crippen LogP contribution in [0.5, 0.6) is 0 Å². The molecule has 1 fully saturated rings. The van der Waals surface area contributed by atoms with Crippen LogP contribution in [0.25, 0.3) is 5.69 Å². The molecule has 1 amide bonds. The Balaban J connectivity index is 1.48. The third-order valence-corrected chi connectivity index (χ3v) is 5.80. The molecule has 1 aliphatic rings. The van der Waals surface area contributed by atoms with Crippen molar-refractivity contribution in [2.45, 2.75) is 13.3 Å². The van der Waals surface area contributed by atoms with E-state index in [9.17, 15) is 9.59 Å². The maximum absolute atomic E-state index is 13.0. The highest BCUT2D eigenvalue weighted by Crippen LogP contribution is 2.17. The van der Waals surface area contributed by atoms with Gasteiger partial charge in [0.15, 0.2) is 0 Å². The Morgan fingerprint density at radius 2 is 1.59 bits per heavy atom. The maximum atomic E-state index is 13.0. The van der Waals surface area contributed by atoms with Crippen molar-refractivity contribution < 1.29 is 4.79 Å². The van der Waals surface area contributed by atoms with Gasteiger partial charge in [0.05, 0.1) is 5.69 Å². The number of anilines is 2. The number of nitrogens with zero attached hydrogens (tertiary/aromatic N) is 5. The standard InChI is InChI=1S/C25H29N5O2/c1-19-5-9-22(10-6-19)30-24(31)14-13-23(26-30)28-15-4-16-29(18-17-28)25(32)20-7-11-21(12-8-20)27(2)3/h5-14H,4,15-18H2,1-3H3. The fourth-order valence-corrected chi connectivity index (χ4v) is 3.88. The maximum Gasteiger partial charge on any atom is 0.271 e. The molecule has 32 heavy (non-hydrogen) atoms. The van der Waals surface area contributed by atoms with Crippen LogP contribution in [-0.4, -0.2) is 60.9 Å². The van der Waals surface area contributed by atoms with Crippen molar-refractivity contribution >= 4 is 17.4 Å². The average Bonchev–Trinajstić information content (AvgIpc) is 3.06. The van der Waals surface area contributed by atoms with Crippen molar-refractivity contribution in [1.29, 1.82) is 0 Å². The van der Waals surface area contributed by atoms with E-state index in [0.717, 1.165) is 35.7 Å². The van der Waals surface area contributed by atoms with E-state index in [1.807, 2.05) is 79.3 Å². The summed E-state index contributed by atoms with van der Waals surface area (Å²) in [7, 11) is 3.96.